The summed E-state index contributed by atoms with van der Waals surface area (Å²) in [7, 11) is 0. The number of hydrogen-bond acceptors (Lipinski definition) is 3. The summed E-state index contributed by atoms with van der Waals surface area (Å²) in [6.07, 6.45) is 11.7. The number of nitrogens with zero attached hydrogens (tertiary/aromatic N) is 1. The lowest BCUT2D eigenvalue weighted by atomic mass is 9.90. The third-order valence-corrected chi connectivity index (χ3v) is 3.28. The van der Waals surface area contributed by atoms with Gasteiger partial charge in [0.2, 0.25) is 0 Å². The van der Waals surface area contributed by atoms with Crippen LogP contribution in [0.25, 0.3) is 0 Å². The average Bonchev–Trinajstić information content (AvgIpc) is 2.67. The molecule has 3 heteroatoms. The summed E-state index contributed by atoms with van der Waals surface area (Å²) >= 11 is 0. The van der Waals surface area contributed by atoms with E-state index in [0.29, 0.717) is 5.70 Å². The number of hydrogen-bond donors (Lipinski definition) is 1. The van der Waals surface area contributed by atoms with Crippen molar-refractivity contribution in [3.05, 3.63) is 66.0 Å². The molecule has 0 saturated carbocycles. The molecule has 1 N–H and O–H groups in total. The number of aldehydes is 1. The van der Waals surface area contributed by atoms with Crippen LogP contribution in [-0.2, 0) is 4.79 Å². The highest BCUT2D eigenvalue weighted by molar-refractivity contribution is 6.09. The molecule has 2 aliphatic rings. The van der Waals surface area contributed by atoms with Crippen LogP contribution in [0.15, 0.2) is 65.5 Å². The summed E-state index contributed by atoms with van der Waals surface area (Å²) in [5.74, 6) is 0.259. The van der Waals surface area contributed by atoms with Crippen LogP contribution in [0, 0.1) is 5.92 Å². The van der Waals surface area contributed by atoms with E-state index in [2.05, 4.69) is 22.5 Å². The molecule has 1 unspecified atom stereocenters. The second-order valence-electron chi connectivity index (χ2n) is 4.54. The highest BCUT2D eigenvalue weighted by Gasteiger charge is 2.19. The van der Waals surface area contributed by atoms with Crippen LogP contribution in [-0.4, -0.2) is 12.0 Å². The third kappa shape index (κ3) is 2.27. The Morgan fingerprint density at radius 2 is 2.16 bits per heavy atom. The SMILES string of the molecule is O=CC1=CN=C(C2C=CC=CC2)c2ccccc2N1. The summed E-state index contributed by atoms with van der Waals surface area (Å²) in [6, 6.07) is 7.95. The molecule has 94 valence electrons. The summed E-state index contributed by atoms with van der Waals surface area (Å²) in [4.78, 5) is 15.5. The van der Waals surface area contributed by atoms with E-state index >= 15 is 0 Å². The fraction of sp³-hybridized carbons (Fsp3) is 0.125. The van der Waals surface area contributed by atoms with Gasteiger partial charge in [0.25, 0.3) is 0 Å². The highest BCUT2D eigenvalue weighted by atomic mass is 16.1. The normalized spacial score (nSPS) is 20.7. The summed E-state index contributed by atoms with van der Waals surface area (Å²) in [5, 5.41) is 3.11. The quantitative estimate of drug-likeness (QED) is 0.819. The number of nitrogens with one attached hydrogen (secondary N) is 1. The number of anilines is 1. The number of benzene rings is 1. The first-order valence-electron chi connectivity index (χ1n) is 6.31. The monoisotopic (exact) mass is 250 g/mol. The fourth-order valence-electron chi connectivity index (χ4n) is 2.35. The van der Waals surface area contributed by atoms with Crippen molar-refractivity contribution in [2.45, 2.75) is 6.42 Å². The van der Waals surface area contributed by atoms with Gasteiger partial charge in [0.05, 0.1) is 17.6 Å². The van der Waals surface area contributed by atoms with Crippen LogP contribution in [0.4, 0.5) is 5.69 Å². The lowest BCUT2D eigenvalue weighted by Crippen LogP contribution is -2.15. The smallest absolute Gasteiger partial charge is 0.167 e. The molecule has 0 amide bonds. The first-order valence-corrected chi connectivity index (χ1v) is 6.31. The number of carbonyl (C=O) groups excluding carboxylic acids is 1. The van der Waals surface area contributed by atoms with E-state index in [1.54, 1.807) is 6.20 Å². The predicted octanol–water partition coefficient (Wildman–Crippen LogP) is 3.07. The number of para-hydroxylation sites is 1. The molecule has 3 nitrogen and oxygen atoms in total. The van der Waals surface area contributed by atoms with Crippen LogP contribution in [0.1, 0.15) is 12.0 Å². The topological polar surface area (TPSA) is 41.5 Å². The van der Waals surface area contributed by atoms with Crippen molar-refractivity contribution >= 4 is 17.7 Å². The first-order chi connectivity index (χ1) is 9.38. The van der Waals surface area contributed by atoms with Crippen molar-refractivity contribution < 1.29 is 4.79 Å². The maximum absolute atomic E-state index is 11.0. The molecule has 0 aromatic heterocycles. The molecule has 1 aromatic rings. The zero-order valence-electron chi connectivity index (χ0n) is 10.4. The number of fused-ring (bicyclic) bond motifs is 1. The third-order valence-electron chi connectivity index (χ3n) is 3.28. The fourth-order valence-corrected chi connectivity index (χ4v) is 2.35. The predicted molar refractivity (Wildman–Crippen MR) is 77.1 cm³/mol. The van der Waals surface area contributed by atoms with E-state index in [1.807, 2.05) is 36.4 Å². The van der Waals surface area contributed by atoms with Gasteiger partial charge in [0.15, 0.2) is 6.29 Å². The van der Waals surface area contributed by atoms with Crippen LogP contribution < -0.4 is 5.32 Å². The molecule has 0 fully saturated rings. The van der Waals surface area contributed by atoms with Crippen LogP contribution in [0.5, 0.6) is 0 Å². The summed E-state index contributed by atoms with van der Waals surface area (Å²) in [5.41, 5.74) is 3.47. The van der Waals surface area contributed by atoms with Crippen molar-refractivity contribution in [3.8, 4) is 0 Å². The second kappa shape index (κ2) is 5.06. The molecule has 1 aromatic carbocycles. The molecule has 1 heterocycles. The van der Waals surface area contributed by atoms with Gasteiger partial charge in [0.1, 0.15) is 0 Å². The van der Waals surface area contributed by atoms with Crippen molar-refractivity contribution in [2.75, 3.05) is 5.32 Å². The zero-order chi connectivity index (χ0) is 13.1. The number of rotatable bonds is 2. The Balaban J connectivity index is 2.08. The van der Waals surface area contributed by atoms with E-state index in [0.717, 1.165) is 29.7 Å². The van der Waals surface area contributed by atoms with Crippen LogP contribution in [0.2, 0.25) is 0 Å². The minimum Gasteiger partial charge on any atom is -0.351 e. The van der Waals surface area contributed by atoms with Crippen molar-refractivity contribution in [2.24, 2.45) is 10.9 Å². The average molecular weight is 250 g/mol. The molecule has 1 aliphatic heterocycles. The molecule has 1 atom stereocenters. The second-order valence-corrected chi connectivity index (χ2v) is 4.54. The molecule has 0 bridgehead atoms. The Morgan fingerprint density at radius 3 is 2.95 bits per heavy atom. The van der Waals surface area contributed by atoms with Crippen molar-refractivity contribution in [3.63, 3.8) is 0 Å². The standard InChI is InChI=1S/C16H14N2O/c19-11-13-10-17-16(12-6-2-1-3-7-12)14-8-4-5-9-15(14)18-13/h1-6,8-12,18H,7H2. The van der Waals surface area contributed by atoms with Gasteiger partial charge >= 0.3 is 0 Å². The highest BCUT2D eigenvalue weighted by Crippen LogP contribution is 2.27. The van der Waals surface area contributed by atoms with E-state index in [9.17, 15) is 4.79 Å². The zero-order valence-corrected chi connectivity index (χ0v) is 10.4. The molecule has 19 heavy (non-hydrogen) atoms. The van der Waals surface area contributed by atoms with E-state index in [-0.39, 0.29) is 5.92 Å². The van der Waals surface area contributed by atoms with E-state index < -0.39 is 0 Å². The number of allylic oxidation sites excluding steroid dienone is 5. The summed E-state index contributed by atoms with van der Waals surface area (Å²) < 4.78 is 0. The Morgan fingerprint density at radius 1 is 1.26 bits per heavy atom. The maximum Gasteiger partial charge on any atom is 0.167 e. The van der Waals surface area contributed by atoms with Crippen molar-refractivity contribution in [1.82, 2.24) is 0 Å². The largest absolute Gasteiger partial charge is 0.351 e. The molecular formula is C16H14N2O. The number of carbonyl (C=O) groups is 1. The summed E-state index contributed by atoms with van der Waals surface area (Å²) in [6.45, 7) is 0. The van der Waals surface area contributed by atoms with Gasteiger partial charge < -0.3 is 5.32 Å². The Labute approximate surface area is 112 Å². The first kappa shape index (κ1) is 11.7. The van der Waals surface area contributed by atoms with Gasteiger partial charge in [0, 0.05) is 17.2 Å². The van der Waals surface area contributed by atoms with Gasteiger partial charge in [-0.05, 0) is 12.5 Å². The van der Waals surface area contributed by atoms with Gasteiger partial charge in [-0.25, -0.2) is 0 Å². The minimum absolute atomic E-state index is 0.259. The number of aliphatic imine (C=N–C) groups is 1. The Hall–Kier alpha value is -2.42. The van der Waals surface area contributed by atoms with Crippen molar-refractivity contribution in [1.29, 1.82) is 0 Å². The Bertz CT molecular complexity index is 623. The van der Waals surface area contributed by atoms with Gasteiger partial charge in [-0.1, -0.05) is 42.5 Å². The lowest BCUT2D eigenvalue weighted by Gasteiger charge is -2.17. The molecule has 0 spiro atoms. The van der Waals surface area contributed by atoms with Crippen LogP contribution >= 0.6 is 0 Å². The van der Waals surface area contributed by atoms with Gasteiger partial charge in [-0.2, -0.15) is 0 Å². The van der Waals surface area contributed by atoms with Gasteiger partial charge in [-0.3, -0.25) is 9.79 Å². The molecule has 3 rings (SSSR count). The van der Waals surface area contributed by atoms with Gasteiger partial charge in [-0.15, -0.1) is 0 Å². The maximum atomic E-state index is 11.0. The minimum atomic E-state index is 0.259. The lowest BCUT2D eigenvalue weighted by molar-refractivity contribution is -0.104. The molecule has 1 aliphatic carbocycles. The molecule has 0 radical (unpaired) electrons. The van der Waals surface area contributed by atoms with E-state index in [4.69, 9.17) is 0 Å². The molecule has 0 saturated heterocycles. The van der Waals surface area contributed by atoms with E-state index in [1.165, 1.54) is 0 Å². The molecular weight excluding hydrogens is 236 g/mol. The Kier molecular flexibility index (Phi) is 3.11. The van der Waals surface area contributed by atoms with Crippen LogP contribution in [0.3, 0.4) is 0 Å².